The van der Waals surface area contributed by atoms with Gasteiger partial charge < -0.3 is 0 Å². The molecule has 0 amide bonds. The number of hydrogen-bond acceptors (Lipinski definition) is 2. The second kappa shape index (κ2) is 3.07. The highest BCUT2D eigenvalue weighted by molar-refractivity contribution is 6.16. The number of hydrogen-bond donors (Lipinski definition) is 0. The second-order valence-electron chi connectivity index (χ2n) is 2.40. The highest BCUT2D eigenvalue weighted by Crippen LogP contribution is 2.09. The molecule has 1 heterocycles. The summed E-state index contributed by atoms with van der Waals surface area (Å²) in [6, 6.07) is 7.71. The molecule has 0 saturated carbocycles. The fraction of sp³-hybridized carbons (Fsp3) is 0.111. The summed E-state index contributed by atoms with van der Waals surface area (Å²) in [4.78, 5) is 8.18. The Morgan fingerprint density at radius 2 is 2.17 bits per heavy atom. The van der Waals surface area contributed by atoms with Gasteiger partial charge in [0.05, 0.1) is 11.4 Å². The Kier molecular flexibility index (Phi) is 1.92. The van der Waals surface area contributed by atoms with E-state index >= 15 is 0 Å². The molecule has 0 aliphatic carbocycles. The van der Waals surface area contributed by atoms with Gasteiger partial charge in [-0.2, -0.15) is 0 Å². The van der Waals surface area contributed by atoms with E-state index in [1.165, 1.54) is 0 Å². The molecule has 2 nitrogen and oxygen atoms in total. The zero-order valence-electron chi connectivity index (χ0n) is 6.29. The van der Waals surface area contributed by atoms with E-state index < -0.39 is 0 Å². The summed E-state index contributed by atoms with van der Waals surface area (Å²) in [7, 11) is 0. The number of alkyl halides is 1. The molecule has 1 aromatic heterocycles. The average molecular weight is 178 g/mol. The standard InChI is InChI=1S/C9H6ClN2/c10-5-9-11-6-7-3-1-2-4-8(7)12-9/h1-4H,5H2. The first-order valence-corrected chi connectivity index (χ1v) is 4.13. The van der Waals surface area contributed by atoms with Crippen molar-refractivity contribution in [2.75, 3.05) is 0 Å². The molecule has 59 valence electrons. The van der Waals surface area contributed by atoms with Crippen LogP contribution in [0.4, 0.5) is 0 Å². The molecule has 0 aliphatic rings. The van der Waals surface area contributed by atoms with E-state index in [2.05, 4.69) is 16.2 Å². The van der Waals surface area contributed by atoms with Crippen LogP contribution in [0.25, 0.3) is 10.9 Å². The molecular formula is C9H6ClN2. The van der Waals surface area contributed by atoms with Crippen molar-refractivity contribution in [2.24, 2.45) is 0 Å². The Bertz CT molecular complexity index is 400. The van der Waals surface area contributed by atoms with Crippen LogP contribution in [-0.2, 0) is 5.88 Å². The normalized spacial score (nSPS) is 10.4. The molecule has 0 fully saturated rings. The van der Waals surface area contributed by atoms with Gasteiger partial charge in [-0.1, -0.05) is 18.2 Å². The molecule has 3 heteroatoms. The Morgan fingerprint density at radius 1 is 1.33 bits per heavy atom. The van der Waals surface area contributed by atoms with Gasteiger partial charge in [-0.15, -0.1) is 11.6 Å². The summed E-state index contributed by atoms with van der Waals surface area (Å²) in [6.07, 6.45) is 2.87. The summed E-state index contributed by atoms with van der Waals surface area (Å²) in [6.45, 7) is 0. The Hall–Kier alpha value is -1.15. The summed E-state index contributed by atoms with van der Waals surface area (Å²) < 4.78 is 0. The highest BCUT2D eigenvalue weighted by Gasteiger charge is 1.96. The topological polar surface area (TPSA) is 25.8 Å². The lowest BCUT2D eigenvalue weighted by molar-refractivity contribution is 1.06. The summed E-state index contributed by atoms with van der Waals surface area (Å²) >= 11 is 5.58. The lowest BCUT2D eigenvalue weighted by Crippen LogP contribution is -1.90. The van der Waals surface area contributed by atoms with Crippen LogP contribution in [-0.4, -0.2) is 9.97 Å². The van der Waals surface area contributed by atoms with Gasteiger partial charge in [0.15, 0.2) is 0 Å². The van der Waals surface area contributed by atoms with E-state index in [4.69, 9.17) is 11.6 Å². The van der Waals surface area contributed by atoms with Crippen LogP contribution in [0.5, 0.6) is 0 Å². The molecule has 0 bridgehead atoms. The van der Waals surface area contributed by atoms with Crippen molar-refractivity contribution < 1.29 is 0 Å². The quantitative estimate of drug-likeness (QED) is 0.624. The van der Waals surface area contributed by atoms with Gasteiger partial charge >= 0.3 is 0 Å². The maximum Gasteiger partial charge on any atom is 0.144 e. The first-order valence-electron chi connectivity index (χ1n) is 3.59. The van der Waals surface area contributed by atoms with Crippen molar-refractivity contribution in [3.05, 3.63) is 36.3 Å². The minimum absolute atomic E-state index is 0.335. The molecule has 0 atom stereocenters. The van der Waals surface area contributed by atoms with E-state index in [0.29, 0.717) is 11.7 Å². The van der Waals surface area contributed by atoms with Gasteiger partial charge in [0, 0.05) is 5.39 Å². The fourth-order valence-corrected chi connectivity index (χ4v) is 1.13. The Balaban J connectivity index is 2.67. The van der Waals surface area contributed by atoms with Crippen LogP contribution in [0.3, 0.4) is 0 Å². The van der Waals surface area contributed by atoms with Crippen molar-refractivity contribution in [3.63, 3.8) is 0 Å². The van der Waals surface area contributed by atoms with E-state index in [1.807, 2.05) is 24.3 Å². The third-order valence-corrected chi connectivity index (χ3v) is 1.82. The number of fused-ring (bicyclic) bond motifs is 1. The number of nitrogens with zero attached hydrogens (tertiary/aromatic N) is 2. The molecular weight excluding hydrogens is 172 g/mol. The molecule has 1 aromatic carbocycles. The first-order chi connectivity index (χ1) is 5.90. The van der Waals surface area contributed by atoms with Gasteiger partial charge in [-0.3, -0.25) is 0 Å². The van der Waals surface area contributed by atoms with Crippen LogP contribution in [0.15, 0.2) is 24.3 Å². The van der Waals surface area contributed by atoms with Crippen molar-refractivity contribution >= 4 is 22.5 Å². The van der Waals surface area contributed by atoms with Crippen LogP contribution in [0.1, 0.15) is 5.82 Å². The molecule has 0 unspecified atom stereocenters. The zero-order chi connectivity index (χ0) is 8.39. The summed E-state index contributed by atoms with van der Waals surface area (Å²) in [5.41, 5.74) is 0.892. The fourth-order valence-electron chi connectivity index (χ4n) is 1.01. The Labute approximate surface area is 75.2 Å². The number of aromatic nitrogens is 2. The van der Waals surface area contributed by atoms with Crippen molar-refractivity contribution in [2.45, 2.75) is 5.88 Å². The molecule has 0 saturated heterocycles. The number of halogens is 1. The molecule has 1 radical (unpaired) electrons. The third kappa shape index (κ3) is 1.25. The predicted molar refractivity (Wildman–Crippen MR) is 47.9 cm³/mol. The van der Waals surface area contributed by atoms with Crippen molar-refractivity contribution in [1.82, 2.24) is 9.97 Å². The number of para-hydroxylation sites is 1. The van der Waals surface area contributed by atoms with E-state index in [0.717, 1.165) is 10.9 Å². The van der Waals surface area contributed by atoms with Gasteiger partial charge in [-0.05, 0) is 6.07 Å². The van der Waals surface area contributed by atoms with E-state index in [-0.39, 0.29) is 0 Å². The Morgan fingerprint density at radius 3 is 3.00 bits per heavy atom. The minimum atomic E-state index is 0.335. The van der Waals surface area contributed by atoms with Gasteiger partial charge in [0.2, 0.25) is 0 Å². The largest absolute Gasteiger partial charge is 0.232 e. The van der Waals surface area contributed by atoms with Gasteiger partial charge in [0.1, 0.15) is 12.0 Å². The molecule has 0 N–H and O–H groups in total. The minimum Gasteiger partial charge on any atom is -0.232 e. The van der Waals surface area contributed by atoms with E-state index in [1.54, 1.807) is 0 Å². The zero-order valence-corrected chi connectivity index (χ0v) is 7.04. The average Bonchev–Trinajstić information content (AvgIpc) is 2.17. The number of benzene rings is 1. The monoisotopic (exact) mass is 177 g/mol. The molecule has 2 rings (SSSR count). The highest BCUT2D eigenvalue weighted by atomic mass is 35.5. The first kappa shape index (κ1) is 7.50. The molecule has 12 heavy (non-hydrogen) atoms. The molecule has 2 aromatic rings. The van der Waals surface area contributed by atoms with Gasteiger partial charge in [-0.25, -0.2) is 9.97 Å². The number of rotatable bonds is 1. The third-order valence-electron chi connectivity index (χ3n) is 1.58. The van der Waals surface area contributed by atoms with Crippen LogP contribution < -0.4 is 0 Å². The summed E-state index contributed by atoms with van der Waals surface area (Å²) in [5, 5.41) is 0.923. The maximum absolute atomic E-state index is 5.58. The second-order valence-corrected chi connectivity index (χ2v) is 2.67. The maximum atomic E-state index is 5.58. The van der Waals surface area contributed by atoms with E-state index in [9.17, 15) is 0 Å². The van der Waals surface area contributed by atoms with Crippen LogP contribution >= 0.6 is 11.6 Å². The van der Waals surface area contributed by atoms with Crippen LogP contribution in [0, 0.1) is 6.20 Å². The SMILES string of the molecule is ClCc1n[c]c2ccccc2n1. The summed E-state index contributed by atoms with van der Waals surface area (Å²) in [5.74, 6) is 0.955. The van der Waals surface area contributed by atoms with Crippen LogP contribution in [0.2, 0.25) is 0 Å². The van der Waals surface area contributed by atoms with Crippen molar-refractivity contribution in [3.8, 4) is 0 Å². The smallest absolute Gasteiger partial charge is 0.144 e. The predicted octanol–water partition coefficient (Wildman–Crippen LogP) is 2.17. The lowest BCUT2D eigenvalue weighted by Gasteiger charge is -1.96. The lowest BCUT2D eigenvalue weighted by atomic mass is 10.2. The molecule has 0 spiro atoms. The molecule has 0 aliphatic heterocycles. The van der Waals surface area contributed by atoms with Gasteiger partial charge in [0.25, 0.3) is 0 Å². The van der Waals surface area contributed by atoms with Crippen molar-refractivity contribution in [1.29, 1.82) is 0 Å².